The zero-order valence-corrected chi connectivity index (χ0v) is 25.7. The topological polar surface area (TPSA) is 68.9 Å². The summed E-state index contributed by atoms with van der Waals surface area (Å²) in [5.74, 6) is 0.0485. The predicted octanol–water partition coefficient (Wildman–Crippen LogP) is 5.30. The number of nitrogens with zero attached hydrogens (tertiary/aromatic N) is 5. The first kappa shape index (κ1) is 28.1. The Morgan fingerprint density at radius 2 is 0.977 bits per heavy atom. The van der Waals surface area contributed by atoms with Crippen LogP contribution in [0.3, 0.4) is 0 Å². The van der Waals surface area contributed by atoms with E-state index in [0.717, 1.165) is 61.1 Å². The molecule has 0 spiro atoms. The molecule has 3 aliphatic heterocycles. The number of ketones is 2. The minimum absolute atomic E-state index is 0. The van der Waals surface area contributed by atoms with E-state index < -0.39 is 0 Å². The number of rotatable bonds is 5. The number of pyridine rings is 2. The summed E-state index contributed by atoms with van der Waals surface area (Å²) in [5.41, 5.74) is 8.53. The molecule has 0 unspecified atom stereocenters. The van der Waals surface area contributed by atoms with Crippen LogP contribution in [0.15, 0.2) is 120 Å². The summed E-state index contributed by atoms with van der Waals surface area (Å²) in [4.78, 5) is 39.8. The summed E-state index contributed by atoms with van der Waals surface area (Å²) in [6, 6.07) is 29.3. The summed E-state index contributed by atoms with van der Waals surface area (Å²) in [6.07, 6.45) is 5.28. The van der Waals surface area contributed by atoms with E-state index in [1.165, 1.54) is 28.3 Å². The summed E-state index contributed by atoms with van der Waals surface area (Å²) in [6.45, 7) is 5.41. The van der Waals surface area contributed by atoms with E-state index in [9.17, 15) is 9.59 Å². The van der Waals surface area contributed by atoms with E-state index in [2.05, 4.69) is 82.8 Å². The van der Waals surface area contributed by atoms with Crippen LogP contribution in [0.25, 0.3) is 44.1 Å². The molecule has 2 aromatic heterocycles. The Morgan fingerprint density at radius 3 is 1.43 bits per heavy atom. The van der Waals surface area contributed by atoms with Gasteiger partial charge in [0.05, 0.1) is 16.7 Å². The number of hydrogen-bond donors (Lipinski definition) is 0. The summed E-state index contributed by atoms with van der Waals surface area (Å²) in [7, 11) is 0. The molecule has 8 heteroatoms. The molecule has 218 valence electrons. The Kier molecular flexibility index (Phi) is 7.31. The second kappa shape index (κ2) is 11.4. The quantitative estimate of drug-likeness (QED) is 0.109. The van der Waals surface area contributed by atoms with Crippen molar-refractivity contribution in [3.8, 4) is 22.3 Å². The fraction of sp³-hybridized carbons (Fsp3) is 0.167. The van der Waals surface area contributed by atoms with Gasteiger partial charge in [0.15, 0.2) is 0 Å². The third kappa shape index (κ3) is 5.20. The first-order valence-corrected chi connectivity index (χ1v) is 14.7. The molecule has 44 heavy (non-hydrogen) atoms. The predicted molar refractivity (Wildman–Crippen MR) is 168 cm³/mol. The number of Topliss-reactive ketones (excluding diaryl/α,β-unsaturated/α-hetero) is 1. The first-order valence-electron chi connectivity index (χ1n) is 14.7. The van der Waals surface area contributed by atoms with E-state index in [-0.39, 0.29) is 31.0 Å². The van der Waals surface area contributed by atoms with Crippen molar-refractivity contribution >= 4 is 33.4 Å². The number of aromatic nitrogens is 2. The monoisotopic (exact) mass is 665 g/mol. The van der Waals surface area contributed by atoms with Gasteiger partial charge >= 0.3 is 0 Å². The van der Waals surface area contributed by atoms with Gasteiger partial charge in [0, 0.05) is 88.0 Å². The van der Waals surface area contributed by atoms with Crippen LogP contribution < -0.4 is 0 Å². The minimum Gasteiger partial charge on any atom is -0.365 e. The van der Waals surface area contributed by atoms with E-state index in [1.54, 1.807) is 0 Å². The Labute approximate surface area is 268 Å². The molecular formula is C36H29N5O2Ru. The Balaban J connectivity index is 0.000000150. The minimum atomic E-state index is 0. The SMILES string of the molecule is O=C1C=C(N2CC2)C(=O)C(N2CC2)=C1N1CC1.[Ru].c1ccc(-c2ccnc3c2ccc2c(-c4ccccc4)ccnc23)cc1. The summed E-state index contributed by atoms with van der Waals surface area (Å²) >= 11 is 0. The molecule has 5 aromatic rings. The molecule has 0 N–H and O–H groups in total. The van der Waals surface area contributed by atoms with Gasteiger partial charge in [-0.3, -0.25) is 19.6 Å². The number of fused-ring (bicyclic) bond motifs is 3. The van der Waals surface area contributed by atoms with Crippen molar-refractivity contribution < 1.29 is 29.1 Å². The van der Waals surface area contributed by atoms with Crippen molar-refractivity contribution in [1.82, 2.24) is 24.7 Å². The maximum atomic E-state index is 12.4. The second-order valence-corrected chi connectivity index (χ2v) is 11.2. The average molecular weight is 665 g/mol. The molecule has 3 fully saturated rings. The Morgan fingerprint density at radius 1 is 0.523 bits per heavy atom. The van der Waals surface area contributed by atoms with Crippen LogP contribution in [0.2, 0.25) is 0 Å². The van der Waals surface area contributed by atoms with Gasteiger partial charge in [-0.2, -0.15) is 0 Å². The number of hydrogen-bond acceptors (Lipinski definition) is 7. The molecule has 0 radical (unpaired) electrons. The molecule has 0 amide bonds. The van der Waals surface area contributed by atoms with Gasteiger partial charge in [-0.25, -0.2) is 0 Å². The van der Waals surface area contributed by atoms with Crippen LogP contribution in [0.5, 0.6) is 0 Å². The molecular weight excluding hydrogens is 635 g/mol. The molecule has 0 atom stereocenters. The van der Waals surface area contributed by atoms with Crippen molar-refractivity contribution in [3.63, 3.8) is 0 Å². The second-order valence-electron chi connectivity index (χ2n) is 11.2. The first-order chi connectivity index (χ1) is 21.2. The fourth-order valence-corrected chi connectivity index (χ4v) is 5.84. The molecule has 5 heterocycles. The van der Waals surface area contributed by atoms with Gasteiger partial charge in [-0.05, 0) is 34.4 Å². The van der Waals surface area contributed by atoms with Gasteiger partial charge < -0.3 is 14.7 Å². The van der Waals surface area contributed by atoms with Crippen LogP contribution in [0.4, 0.5) is 0 Å². The third-order valence-corrected chi connectivity index (χ3v) is 8.28. The van der Waals surface area contributed by atoms with E-state index in [0.29, 0.717) is 17.1 Å². The van der Waals surface area contributed by atoms with Crippen LogP contribution in [-0.2, 0) is 29.1 Å². The molecule has 1 aliphatic carbocycles. The molecule has 3 aromatic carbocycles. The average Bonchev–Trinajstić information content (AvgIpc) is 3.88. The van der Waals surface area contributed by atoms with E-state index >= 15 is 0 Å². The molecule has 9 rings (SSSR count). The zero-order valence-electron chi connectivity index (χ0n) is 24.0. The normalized spacial score (nSPS) is 16.8. The van der Waals surface area contributed by atoms with Gasteiger partial charge in [-0.1, -0.05) is 72.8 Å². The van der Waals surface area contributed by atoms with Gasteiger partial charge in [0.2, 0.25) is 11.6 Å². The number of carbonyl (C=O) groups is 2. The van der Waals surface area contributed by atoms with Gasteiger partial charge in [0.25, 0.3) is 0 Å². The fourth-order valence-electron chi connectivity index (χ4n) is 5.84. The third-order valence-electron chi connectivity index (χ3n) is 8.28. The Hall–Kier alpha value is -4.68. The van der Waals surface area contributed by atoms with Crippen molar-refractivity contribution in [1.29, 1.82) is 0 Å². The molecule has 0 saturated carbocycles. The van der Waals surface area contributed by atoms with Crippen molar-refractivity contribution in [2.45, 2.75) is 0 Å². The molecule has 3 saturated heterocycles. The number of carbonyl (C=O) groups excluding carboxylic acids is 2. The molecule has 4 aliphatic rings. The zero-order chi connectivity index (χ0) is 28.9. The summed E-state index contributed by atoms with van der Waals surface area (Å²) < 4.78 is 0. The Bertz CT molecular complexity index is 1880. The number of benzene rings is 3. The molecule has 0 bridgehead atoms. The van der Waals surface area contributed by atoms with Gasteiger partial charge in [0.1, 0.15) is 11.4 Å². The smallest absolute Gasteiger partial charge is 0.227 e. The van der Waals surface area contributed by atoms with Crippen LogP contribution in [-0.4, -0.2) is 75.5 Å². The standard InChI is InChI=1S/C24H16N2.C12H13N3O2.Ru/c1-3-7-17(8-4-1)19-13-15-25-23-21(19)11-12-22-20(14-16-26-24(22)23)18-9-5-2-6-10-18;16-9-7-8(13-1-2-13)12(17)11(15-5-6-15)10(9)14-3-4-14;/h1-16H;7H,1-6H2;. The van der Waals surface area contributed by atoms with Crippen molar-refractivity contribution in [2.75, 3.05) is 39.3 Å². The maximum absolute atomic E-state index is 12.4. The molecule has 7 nitrogen and oxygen atoms in total. The summed E-state index contributed by atoms with van der Waals surface area (Å²) in [5, 5.41) is 2.26. The number of allylic oxidation sites excluding steroid dienone is 1. The van der Waals surface area contributed by atoms with E-state index in [4.69, 9.17) is 0 Å². The van der Waals surface area contributed by atoms with Crippen molar-refractivity contribution in [3.05, 3.63) is 120 Å². The van der Waals surface area contributed by atoms with Crippen LogP contribution >= 0.6 is 0 Å². The van der Waals surface area contributed by atoms with E-state index in [1.807, 2.05) is 39.2 Å². The van der Waals surface area contributed by atoms with Crippen LogP contribution in [0, 0.1) is 0 Å². The van der Waals surface area contributed by atoms with Gasteiger partial charge in [-0.15, -0.1) is 0 Å². The largest absolute Gasteiger partial charge is 0.365 e. The maximum Gasteiger partial charge on any atom is 0.227 e. The van der Waals surface area contributed by atoms with Crippen molar-refractivity contribution in [2.24, 2.45) is 0 Å². The van der Waals surface area contributed by atoms with Crippen LogP contribution in [0.1, 0.15) is 0 Å².